The number of nitrogens with zero attached hydrogens (tertiary/aromatic N) is 1. The second kappa shape index (κ2) is 11.2. The lowest BCUT2D eigenvalue weighted by atomic mass is 9.97. The number of urea groups is 1. The first-order valence-corrected chi connectivity index (χ1v) is 11.3. The molecule has 1 aliphatic rings. The predicted octanol–water partition coefficient (Wildman–Crippen LogP) is 3.16. The number of rotatable bonds is 7. The molecule has 3 N–H and O–H groups in total. The second-order valence-electron chi connectivity index (χ2n) is 8.04. The van der Waals surface area contributed by atoms with Crippen LogP contribution in [0.3, 0.4) is 0 Å². The monoisotopic (exact) mass is 505 g/mol. The summed E-state index contributed by atoms with van der Waals surface area (Å²) in [7, 11) is 1.49. The molecule has 0 aliphatic carbocycles. The zero-order valence-corrected chi connectivity index (χ0v) is 19.9. The lowest BCUT2D eigenvalue weighted by Gasteiger charge is -2.25. The minimum atomic E-state index is -1.44. The van der Waals surface area contributed by atoms with Crippen LogP contribution in [0.25, 0.3) is 0 Å². The van der Waals surface area contributed by atoms with Crippen LogP contribution >= 0.6 is 11.6 Å². The molecule has 2 aromatic rings. The number of hydrogen-bond acceptors (Lipinski definition) is 5. The average Bonchev–Trinajstić information content (AvgIpc) is 2.96. The number of amides is 4. The Morgan fingerprint density at radius 1 is 1.29 bits per heavy atom. The van der Waals surface area contributed by atoms with E-state index in [1.807, 2.05) is 0 Å². The molecule has 9 nitrogen and oxygen atoms in total. The summed E-state index contributed by atoms with van der Waals surface area (Å²) >= 11 is 6.09. The third kappa shape index (κ3) is 6.07. The number of methoxy groups -OCH3 is 1. The van der Waals surface area contributed by atoms with Crippen molar-refractivity contribution in [1.82, 2.24) is 15.5 Å². The van der Waals surface area contributed by atoms with Crippen LogP contribution < -0.4 is 15.4 Å². The van der Waals surface area contributed by atoms with Crippen LogP contribution in [0, 0.1) is 11.7 Å². The molecule has 0 radical (unpaired) electrons. The molecule has 4 amide bonds. The van der Waals surface area contributed by atoms with Gasteiger partial charge in [-0.3, -0.25) is 14.5 Å². The van der Waals surface area contributed by atoms with Crippen molar-refractivity contribution in [1.29, 1.82) is 0 Å². The van der Waals surface area contributed by atoms with Gasteiger partial charge >= 0.3 is 12.0 Å². The molecule has 0 bridgehead atoms. The van der Waals surface area contributed by atoms with Crippen molar-refractivity contribution in [2.75, 3.05) is 20.2 Å². The summed E-state index contributed by atoms with van der Waals surface area (Å²) in [5, 5.41) is 14.9. The largest absolute Gasteiger partial charge is 0.496 e. The predicted molar refractivity (Wildman–Crippen MR) is 125 cm³/mol. The number of benzene rings is 2. The average molecular weight is 506 g/mol. The second-order valence-corrected chi connectivity index (χ2v) is 8.48. The van der Waals surface area contributed by atoms with E-state index in [9.17, 15) is 28.7 Å². The molecule has 11 heteroatoms. The summed E-state index contributed by atoms with van der Waals surface area (Å²) in [6.45, 7) is 1.28. The van der Waals surface area contributed by atoms with Gasteiger partial charge in [0.2, 0.25) is 11.8 Å². The van der Waals surface area contributed by atoms with Gasteiger partial charge in [0.15, 0.2) is 0 Å². The van der Waals surface area contributed by atoms with Gasteiger partial charge in [0.25, 0.3) is 0 Å². The van der Waals surface area contributed by atoms with Crippen LogP contribution in [-0.4, -0.2) is 54.0 Å². The Morgan fingerprint density at radius 2 is 2.03 bits per heavy atom. The van der Waals surface area contributed by atoms with Crippen molar-refractivity contribution < 1.29 is 33.4 Å². The molecule has 0 spiro atoms. The van der Waals surface area contributed by atoms with Crippen molar-refractivity contribution in [3.05, 3.63) is 63.9 Å². The van der Waals surface area contributed by atoms with E-state index in [4.69, 9.17) is 16.3 Å². The van der Waals surface area contributed by atoms with Crippen molar-refractivity contribution in [3.8, 4) is 5.75 Å². The van der Waals surface area contributed by atoms with E-state index in [1.54, 1.807) is 25.1 Å². The smallest absolute Gasteiger partial charge is 0.338 e. The number of imide groups is 1. The molecular formula is C24H25ClFN3O6. The standard InChI is InChI=1S/C24H25ClFN3O6/c1-3-19(13-4-6-18(26)17(10-13)23(32)33)28-24(34)29-12-21(30)27-11-15(22(29)31)8-14-9-16(25)5-7-20(14)35-2/h4-7,9-10,15,19H,3,8,11-12H2,1-2H3,(H,27,30)(H,28,34)(H,32,33)/t15-,19+/m0/s1. The van der Waals surface area contributed by atoms with Gasteiger partial charge in [0.1, 0.15) is 18.1 Å². The number of aromatic carboxylic acids is 1. The quantitative estimate of drug-likeness (QED) is 0.531. The van der Waals surface area contributed by atoms with Gasteiger partial charge in [-0.2, -0.15) is 0 Å². The number of nitrogens with one attached hydrogen (secondary N) is 2. The van der Waals surface area contributed by atoms with Gasteiger partial charge in [-0.1, -0.05) is 24.6 Å². The van der Waals surface area contributed by atoms with E-state index in [0.717, 1.165) is 17.0 Å². The number of ether oxygens (including phenoxy) is 1. The molecule has 35 heavy (non-hydrogen) atoms. The first kappa shape index (κ1) is 26.0. The highest BCUT2D eigenvalue weighted by Crippen LogP contribution is 2.27. The third-order valence-corrected chi connectivity index (χ3v) is 5.98. The Hall–Kier alpha value is -3.66. The molecule has 1 aliphatic heterocycles. The summed E-state index contributed by atoms with van der Waals surface area (Å²) in [6, 6.07) is 6.95. The summed E-state index contributed by atoms with van der Waals surface area (Å²) in [6.07, 6.45) is 0.498. The van der Waals surface area contributed by atoms with Gasteiger partial charge in [-0.05, 0) is 54.3 Å². The Balaban J connectivity index is 1.83. The Kier molecular flexibility index (Phi) is 8.29. The molecule has 186 valence electrons. The van der Waals surface area contributed by atoms with E-state index in [1.165, 1.54) is 13.2 Å². The van der Waals surface area contributed by atoms with Crippen molar-refractivity contribution >= 4 is 35.4 Å². The van der Waals surface area contributed by atoms with E-state index in [2.05, 4.69) is 10.6 Å². The highest BCUT2D eigenvalue weighted by atomic mass is 35.5. The topological polar surface area (TPSA) is 125 Å². The maximum absolute atomic E-state index is 13.8. The molecule has 1 fully saturated rings. The van der Waals surface area contributed by atoms with Crippen LogP contribution in [0.15, 0.2) is 36.4 Å². The maximum atomic E-state index is 13.8. The molecule has 0 unspecified atom stereocenters. The SMILES string of the molecule is CC[C@@H](NC(=O)N1CC(=O)NC[C@H](Cc2cc(Cl)ccc2OC)C1=O)c1ccc(F)c(C(=O)O)c1. The van der Waals surface area contributed by atoms with Gasteiger partial charge in [-0.25, -0.2) is 14.0 Å². The zero-order chi connectivity index (χ0) is 25.7. The molecule has 3 rings (SSSR count). The number of carbonyl (C=O) groups is 4. The number of halogens is 2. The molecule has 1 saturated heterocycles. The normalized spacial score (nSPS) is 16.8. The van der Waals surface area contributed by atoms with Gasteiger partial charge < -0.3 is 20.5 Å². The molecule has 2 atom stereocenters. The van der Waals surface area contributed by atoms with Crippen molar-refractivity contribution in [2.24, 2.45) is 5.92 Å². The van der Waals surface area contributed by atoms with Gasteiger partial charge in [-0.15, -0.1) is 0 Å². The van der Waals surface area contributed by atoms with E-state index < -0.39 is 53.7 Å². The molecular weight excluding hydrogens is 481 g/mol. The number of carbonyl (C=O) groups excluding carboxylic acids is 3. The number of carboxylic acids is 1. The minimum Gasteiger partial charge on any atom is -0.496 e. The lowest BCUT2D eigenvalue weighted by Crippen LogP contribution is -2.48. The summed E-state index contributed by atoms with van der Waals surface area (Å²) < 4.78 is 19.1. The summed E-state index contributed by atoms with van der Waals surface area (Å²) in [5.74, 6) is -3.65. The number of carboxylic acid groups (broad SMARTS) is 1. The van der Waals surface area contributed by atoms with Crippen molar-refractivity contribution in [2.45, 2.75) is 25.8 Å². The van der Waals surface area contributed by atoms with E-state index >= 15 is 0 Å². The first-order valence-electron chi connectivity index (χ1n) is 10.9. The maximum Gasteiger partial charge on any atom is 0.338 e. The highest BCUT2D eigenvalue weighted by Gasteiger charge is 2.35. The van der Waals surface area contributed by atoms with E-state index in [-0.39, 0.29) is 13.0 Å². The van der Waals surface area contributed by atoms with Crippen molar-refractivity contribution in [3.63, 3.8) is 0 Å². The number of hydrogen-bond donors (Lipinski definition) is 3. The van der Waals surface area contributed by atoms with Crippen LogP contribution in [0.2, 0.25) is 5.02 Å². The minimum absolute atomic E-state index is 0.0221. The Bertz CT molecular complexity index is 1160. The fraction of sp³-hybridized carbons (Fsp3) is 0.333. The van der Waals surface area contributed by atoms with Gasteiger partial charge in [0, 0.05) is 11.6 Å². The van der Waals surface area contributed by atoms with Crippen LogP contribution in [0.1, 0.15) is 40.9 Å². The van der Waals surface area contributed by atoms with Crippen LogP contribution in [-0.2, 0) is 16.0 Å². The Labute approximate surface area is 206 Å². The zero-order valence-electron chi connectivity index (χ0n) is 19.1. The summed E-state index contributed by atoms with van der Waals surface area (Å²) in [4.78, 5) is 50.7. The third-order valence-electron chi connectivity index (χ3n) is 5.75. The highest BCUT2D eigenvalue weighted by molar-refractivity contribution is 6.30. The molecule has 2 aromatic carbocycles. The van der Waals surface area contributed by atoms with Gasteiger partial charge in [0.05, 0.1) is 24.6 Å². The fourth-order valence-corrected chi connectivity index (χ4v) is 4.09. The lowest BCUT2D eigenvalue weighted by molar-refractivity contribution is -0.133. The first-order chi connectivity index (χ1) is 16.6. The molecule has 1 heterocycles. The Morgan fingerprint density at radius 3 is 2.69 bits per heavy atom. The molecule has 0 saturated carbocycles. The fourth-order valence-electron chi connectivity index (χ4n) is 3.90. The molecule has 0 aromatic heterocycles. The van der Waals surface area contributed by atoms with E-state index in [0.29, 0.717) is 28.3 Å². The van der Waals surface area contributed by atoms with Crippen LogP contribution in [0.4, 0.5) is 9.18 Å². The summed E-state index contributed by atoms with van der Waals surface area (Å²) in [5.41, 5.74) is 0.469. The van der Waals surface area contributed by atoms with Crippen LogP contribution in [0.5, 0.6) is 5.75 Å².